The van der Waals surface area contributed by atoms with E-state index in [1.54, 1.807) is 18.6 Å². The summed E-state index contributed by atoms with van der Waals surface area (Å²) in [6, 6.07) is 5.97. The van der Waals surface area contributed by atoms with Gasteiger partial charge < -0.3 is 5.32 Å². The van der Waals surface area contributed by atoms with E-state index in [2.05, 4.69) is 15.3 Å². The quantitative estimate of drug-likeness (QED) is 0.900. The van der Waals surface area contributed by atoms with Crippen LogP contribution < -0.4 is 5.32 Å². The highest BCUT2D eigenvalue weighted by atomic mass is 35.5. The SMILES string of the molecule is Cc1ccc(Cl)c(NC(C)c2cnccn2)c1. The van der Waals surface area contributed by atoms with Crippen LogP contribution >= 0.6 is 11.6 Å². The molecule has 1 atom stereocenters. The van der Waals surface area contributed by atoms with E-state index in [9.17, 15) is 0 Å². The Kier molecular flexibility index (Phi) is 3.59. The van der Waals surface area contributed by atoms with Crippen molar-refractivity contribution in [2.45, 2.75) is 19.9 Å². The molecule has 4 heteroatoms. The number of hydrogen-bond donors (Lipinski definition) is 1. The smallest absolute Gasteiger partial charge is 0.0806 e. The van der Waals surface area contributed by atoms with Crippen LogP contribution in [0, 0.1) is 6.92 Å². The topological polar surface area (TPSA) is 37.8 Å². The molecule has 2 aromatic rings. The third kappa shape index (κ3) is 2.94. The van der Waals surface area contributed by atoms with Crippen molar-refractivity contribution >= 4 is 17.3 Å². The van der Waals surface area contributed by atoms with E-state index in [1.807, 2.05) is 32.0 Å². The summed E-state index contributed by atoms with van der Waals surface area (Å²) in [5.74, 6) is 0. The second kappa shape index (κ2) is 5.15. The Morgan fingerprint density at radius 1 is 1.29 bits per heavy atom. The fraction of sp³-hybridized carbons (Fsp3) is 0.231. The highest BCUT2D eigenvalue weighted by Crippen LogP contribution is 2.26. The minimum absolute atomic E-state index is 0.0722. The molecule has 1 N–H and O–H groups in total. The van der Waals surface area contributed by atoms with Crippen molar-refractivity contribution in [2.75, 3.05) is 5.32 Å². The summed E-state index contributed by atoms with van der Waals surface area (Å²) >= 11 is 6.13. The second-order valence-electron chi connectivity index (χ2n) is 3.98. The van der Waals surface area contributed by atoms with Crippen LogP contribution in [-0.4, -0.2) is 9.97 Å². The van der Waals surface area contributed by atoms with Crippen LogP contribution in [0.25, 0.3) is 0 Å². The maximum atomic E-state index is 6.13. The van der Waals surface area contributed by atoms with Crippen LogP contribution in [0.15, 0.2) is 36.8 Å². The van der Waals surface area contributed by atoms with Crippen molar-refractivity contribution < 1.29 is 0 Å². The van der Waals surface area contributed by atoms with Crippen LogP contribution in [0.2, 0.25) is 5.02 Å². The average molecular weight is 248 g/mol. The van der Waals surface area contributed by atoms with Gasteiger partial charge in [0.05, 0.1) is 28.6 Å². The number of nitrogens with one attached hydrogen (secondary N) is 1. The molecule has 3 nitrogen and oxygen atoms in total. The number of anilines is 1. The van der Waals surface area contributed by atoms with Crippen molar-refractivity contribution in [2.24, 2.45) is 0 Å². The summed E-state index contributed by atoms with van der Waals surface area (Å²) < 4.78 is 0. The molecule has 1 heterocycles. The fourth-order valence-corrected chi connectivity index (χ4v) is 1.76. The Balaban J connectivity index is 2.18. The maximum absolute atomic E-state index is 6.13. The monoisotopic (exact) mass is 247 g/mol. The van der Waals surface area contributed by atoms with Gasteiger partial charge in [-0.25, -0.2) is 0 Å². The molecule has 0 aliphatic carbocycles. The van der Waals surface area contributed by atoms with Gasteiger partial charge in [0, 0.05) is 12.4 Å². The zero-order valence-corrected chi connectivity index (χ0v) is 10.6. The molecule has 0 radical (unpaired) electrons. The minimum Gasteiger partial charge on any atom is -0.376 e. The second-order valence-corrected chi connectivity index (χ2v) is 4.39. The van der Waals surface area contributed by atoms with Gasteiger partial charge in [0.1, 0.15) is 0 Å². The minimum atomic E-state index is 0.0722. The van der Waals surface area contributed by atoms with Gasteiger partial charge in [-0.15, -0.1) is 0 Å². The zero-order chi connectivity index (χ0) is 12.3. The number of aryl methyl sites for hydroxylation is 1. The van der Waals surface area contributed by atoms with Crippen LogP contribution in [0.4, 0.5) is 5.69 Å². The average Bonchev–Trinajstić information content (AvgIpc) is 2.35. The van der Waals surface area contributed by atoms with E-state index in [4.69, 9.17) is 11.6 Å². The summed E-state index contributed by atoms with van der Waals surface area (Å²) in [5.41, 5.74) is 2.98. The standard InChI is InChI=1S/C13H14ClN3/c1-9-3-4-11(14)12(7-9)17-10(2)13-8-15-5-6-16-13/h3-8,10,17H,1-2H3. The molecule has 0 aliphatic rings. The predicted molar refractivity (Wildman–Crippen MR) is 70.3 cm³/mol. The number of halogens is 1. The van der Waals surface area contributed by atoms with Gasteiger partial charge in [-0.2, -0.15) is 0 Å². The highest BCUT2D eigenvalue weighted by Gasteiger charge is 2.08. The molecule has 0 amide bonds. The summed E-state index contributed by atoms with van der Waals surface area (Å²) in [7, 11) is 0. The molecule has 0 aliphatic heterocycles. The molecule has 17 heavy (non-hydrogen) atoms. The molecular formula is C13H14ClN3. The van der Waals surface area contributed by atoms with Crippen LogP contribution in [0.3, 0.4) is 0 Å². The molecular weight excluding hydrogens is 234 g/mol. The summed E-state index contributed by atoms with van der Waals surface area (Å²) in [6.45, 7) is 4.07. The molecule has 0 fully saturated rings. The van der Waals surface area contributed by atoms with Gasteiger partial charge in [-0.3, -0.25) is 9.97 Å². The van der Waals surface area contributed by atoms with Gasteiger partial charge in [-0.05, 0) is 31.5 Å². The first-order valence-corrected chi connectivity index (χ1v) is 5.83. The van der Waals surface area contributed by atoms with E-state index in [1.165, 1.54) is 5.56 Å². The van der Waals surface area contributed by atoms with Crippen molar-refractivity contribution in [3.8, 4) is 0 Å². The van der Waals surface area contributed by atoms with Gasteiger partial charge in [0.2, 0.25) is 0 Å². The van der Waals surface area contributed by atoms with Gasteiger partial charge in [0.25, 0.3) is 0 Å². The van der Waals surface area contributed by atoms with Gasteiger partial charge in [0.15, 0.2) is 0 Å². The fourth-order valence-electron chi connectivity index (χ4n) is 1.59. The lowest BCUT2D eigenvalue weighted by Gasteiger charge is -2.15. The molecule has 0 saturated heterocycles. The lowest BCUT2D eigenvalue weighted by molar-refractivity contribution is 0.827. The van der Waals surface area contributed by atoms with Gasteiger partial charge >= 0.3 is 0 Å². The number of benzene rings is 1. The molecule has 0 spiro atoms. The molecule has 1 aromatic carbocycles. The lowest BCUT2D eigenvalue weighted by Crippen LogP contribution is -2.09. The highest BCUT2D eigenvalue weighted by molar-refractivity contribution is 6.33. The number of hydrogen-bond acceptors (Lipinski definition) is 3. The van der Waals surface area contributed by atoms with E-state index < -0.39 is 0 Å². The molecule has 1 unspecified atom stereocenters. The summed E-state index contributed by atoms with van der Waals surface area (Å²) in [5, 5.41) is 4.05. The Morgan fingerprint density at radius 2 is 2.12 bits per heavy atom. The maximum Gasteiger partial charge on any atom is 0.0806 e. The van der Waals surface area contributed by atoms with Crippen LogP contribution in [0.5, 0.6) is 0 Å². The summed E-state index contributed by atoms with van der Waals surface area (Å²) in [6.07, 6.45) is 5.10. The first kappa shape index (κ1) is 11.9. The molecule has 2 rings (SSSR count). The van der Waals surface area contributed by atoms with Crippen molar-refractivity contribution in [1.82, 2.24) is 9.97 Å². The third-order valence-corrected chi connectivity index (χ3v) is 2.85. The first-order valence-electron chi connectivity index (χ1n) is 5.45. The lowest BCUT2D eigenvalue weighted by atomic mass is 10.2. The van der Waals surface area contributed by atoms with Crippen molar-refractivity contribution in [3.05, 3.63) is 53.1 Å². The Hall–Kier alpha value is -1.61. The van der Waals surface area contributed by atoms with E-state index in [0.717, 1.165) is 11.4 Å². The molecule has 88 valence electrons. The third-order valence-electron chi connectivity index (χ3n) is 2.52. The van der Waals surface area contributed by atoms with E-state index in [0.29, 0.717) is 5.02 Å². The van der Waals surface area contributed by atoms with Crippen LogP contribution in [-0.2, 0) is 0 Å². The number of nitrogens with zero attached hydrogens (tertiary/aromatic N) is 2. The normalized spacial score (nSPS) is 12.2. The van der Waals surface area contributed by atoms with E-state index in [-0.39, 0.29) is 6.04 Å². The van der Waals surface area contributed by atoms with Crippen molar-refractivity contribution in [1.29, 1.82) is 0 Å². The Bertz CT molecular complexity index is 499. The first-order chi connectivity index (χ1) is 8.16. The predicted octanol–water partition coefficient (Wildman–Crippen LogP) is 3.61. The molecule has 1 aromatic heterocycles. The zero-order valence-electron chi connectivity index (χ0n) is 9.81. The molecule has 0 bridgehead atoms. The Morgan fingerprint density at radius 3 is 2.82 bits per heavy atom. The summed E-state index contributed by atoms with van der Waals surface area (Å²) in [4.78, 5) is 8.31. The Labute approximate surface area is 106 Å². The van der Waals surface area contributed by atoms with E-state index >= 15 is 0 Å². The molecule has 0 saturated carbocycles. The van der Waals surface area contributed by atoms with Crippen LogP contribution in [0.1, 0.15) is 24.2 Å². The van der Waals surface area contributed by atoms with Gasteiger partial charge in [-0.1, -0.05) is 17.7 Å². The number of aromatic nitrogens is 2. The number of rotatable bonds is 3. The largest absolute Gasteiger partial charge is 0.376 e. The van der Waals surface area contributed by atoms with Crippen molar-refractivity contribution in [3.63, 3.8) is 0 Å².